The predicted octanol–water partition coefficient (Wildman–Crippen LogP) is 9.01. The monoisotopic (exact) mass is 574 g/mol. The highest BCUT2D eigenvalue weighted by Gasteiger charge is 2.34. The summed E-state index contributed by atoms with van der Waals surface area (Å²) in [6, 6.07) is 50.1. The Hall–Kier alpha value is -5.46. The maximum atomic E-state index is 13.7. The second-order valence-electron chi connectivity index (χ2n) is 9.97. The van der Waals surface area contributed by atoms with Crippen molar-refractivity contribution in [3.8, 4) is 28.2 Å². The third-order valence-corrected chi connectivity index (χ3v) is 8.05. The SMILES string of the molecule is O=C1/C(=C\c2ccc(-n3nc(-c4ccccc4)cc3-c3ccccc3)cc2)SC(=Nc2ccccc2)N1c1ccccc1. The molecule has 5 nitrogen and oxygen atoms in total. The molecule has 206 valence electrons. The van der Waals surface area contributed by atoms with E-state index < -0.39 is 0 Å². The first-order valence-electron chi connectivity index (χ1n) is 14.0. The lowest BCUT2D eigenvalue weighted by Gasteiger charge is -2.15. The van der Waals surface area contributed by atoms with E-state index in [1.165, 1.54) is 11.8 Å². The Balaban J connectivity index is 1.23. The van der Waals surface area contributed by atoms with Crippen molar-refractivity contribution in [3.63, 3.8) is 0 Å². The van der Waals surface area contributed by atoms with Crippen molar-refractivity contribution in [1.82, 2.24) is 9.78 Å². The highest BCUT2D eigenvalue weighted by molar-refractivity contribution is 8.19. The zero-order chi connectivity index (χ0) is 29.0. The maximum Gasteiger partial charge on any atom is 0.271 e. The fraction of sp³-hybridized carbons (Fsp3) is 0. The summed E-state index contributed by atoms with van der Waals surface area (Å²) in [6.45, 7) is 0. The van der Waals surface area contributed by atoms with Crippen molar-refractivity contribution in [2.24, 2.45) is 4.99 Å². The van der Waals surface area contributed by atoms with E-state index in [4.69, 9.17) is 10.1 Å². The molecule has 5 aromatic carbocycles. The van der Waals surface area contributed by atoms with Crippen molar-refractivity contribution < 1.29 is 4.79 Å². The lowest BCUT2D eigenvalue weighted by molar-refractivity contribution is -0.113. The van der Waals surface area contributed by atoms with Gasteiger partial charge in [-0.15, -0.1) is 0 Å². The van der Waals surface area contributed by atoms with Crippen LogP contribution in [-0.2, 0) is 4.79 Å². The van der Waals surface area contributed by atoms with E-state index >= 15 is 0 Å². The number of hydrogen-bond donors (Lipinski definition) is 0. The number of thioether (sulfide) groups is 1. The van der Waals surface area contributed by atoms with E-state index in [9.17, 15) is 4.79 Å². The van der Waals surface area contributed by atoms with Crippen LogP contribution in [0.2, 0.25) is 0 Å². The molecule has 0 bridgehead atoms. The van der Waals surface area contributed by atoms with Gasteiger partial charge in [0.05, 0.1) is 33.4 Å². The Morgan fingerprint density at radius 1 is 0.628 bits per heavy atom. The number of rotatable bonds is 6. The second-order valence-corrected chi connectivity index (χ2v) is 11.0. The molecule has 2 heterocycles. The van der Waals surface area contributed by atoms with E-state index in [1.807, 2.05) is 132 Å². The van der Waals surface area contributed by atoms with Gasteiger partial charge in [-0.25, -0.2) is 9.67 Å². The molecular formula is C37H26N4OS. The molecule has 1 aromatic heterocycles. The van der Waals surface area contributed by atoms with E-state index in [2.05, 4.69) is 30.3 Å². The van der Waals surface area contributed by atoms with Crippen molar-refractivity contribution in [1.29, 1.82) is 0 Å². The van der Waals surface area contributed by atoms with Gasteiger partial charge in [0.2, 0.25) is 0 Å². The molecule has 0 unspecified atom stereocenters. The maximum absolute atomic E-state index is 13.7. The Bertz CT molecular complexity index is 1930. The van der Waals surface area contributed by atoms with Crippen LogP contribution >= 0.6 is 11.8 Å². The molecule has 6 heteroatoms. The minimum atomic E-state index is -0.0964. The molecule has 1 fully saturated rings. The van der Waals surface area contributed by atoms with E-state index in [1.54, 1.807) is 4.90 Å². The number of para-hydroxylation sites is 2. The first kappa shape index (κ1) is 26.4. The van der Waals surface area contributed by atoms with Crippen LogP contribution in [0.3, 0.4) is 0 Å². The Labute approximate surface area is 254 Å². The molecule has 1 aliphatic heterocycles. The Kier molecular flexibility index (Phi) is 7.26. The number of hydrogen-bond acceptors (Lipinski definition) is 4. The molecule has 0 atom stereocenters. The number of amidine groups is 1. The van der Waals surface area contributed by atoms with Gasteiger partial charge in [-0.1, -0.05) is 109 Å². The summed E-state index contributed by atoms with van der Waals surface area (Å²) in [6.07, 6.45) is 1.93. The number of amides is 1. The average Bonchev–Trinajstić information content (AvgIpc) is 3.64. The standard InChI is InChI=1S/C37H26N4OS/c42-36-35(43-37(38-30-17-9-3-10-18-30)40(36)31-19-11-4-12-20-31)25-27-21-23-32(24-22-27)41-34(29-15-7-2-8-16-29)26-33(39-41)28-13-5-1-6-14-28/h1-26H/b35-25+,38-37?. The lowest BCUT2D eigenvalue weighted by atomic mass is 10.1. The number of benzene rings is 5. The lowest BCUT2D eigenvalue weighted by Crippen LogP contribution is -2.28. The summed E-state index contributed by atoms with van der Waals surface area (Å²) in [4.78, 5) is 20.8. The number of carbonyl (C=O) groups is 1. The molecule has 1 saturated heterocycles. The number of nitrogens with zero attached hydrogens (tertiary/aromatic N) is 4. The van der Waals surface area contributed by atoms with Crippen LogP contribution in [0.1, 0.15) is 5.56 Å². The summed E-state index contributed by atoms with van der Waals surface area (Å²) in [5, 5.41) is 5.61. The van der Waals surface area contributed by atoms with E-state index in [0.29, 0.717) is 10.1 Å². The van der Waals surface area contributed by atoms with Crippen LogP contribution in [-0.4, -0.2) is 20.9 Å². The zero-order valence-electron chi connectivity index (χ0n) is 23.1. The summed E-state index contributed by atoms with van der Waals surface area (Å²) in [5.41, 5.74) is 7.51. The topological polar surface area (TPSA) is 50.5 Å². The van der Waals surface area contributed by atoms with Crippen molar-refractivity contribution >= 4 is 40.3 Å². The molecule has 0 spiro atoms. The third-order valence-electron chi connectivity index (χ3n) is 7.09. The van der Waals surface area contributed by atoms with Gasteiger partial charge in [0.1, 0.15) is 0 Å². The number of carbonyl (C=O) groups excluding carboxylic acids is 1. The second kappa shape index (κ2) is 11.8. The average molecular weight is 575 g/mol. The quantitative estimate of drug-likeness (QED) is 0.187. The molecular weight excluding hydrogens is 549 g/mol. The largest absolute Gasteiger partial charge is 0.271 e. The van der Waals surface area contributed by atoms with Crippen LogP contribution in [0.15, 0.2) is 162 Å². The third kappa shape index (κ3) is 5.56. The van der Waals surface area contributed by atoms with Gasteiger partial charge in [-0.2, -0.15) is 5.10 Å². The predicted molar refractivity (Wildman–Crippen MR) is 177 cm³/mol. The normalized spacial score (nSPS) is 15.0. The van der Waals surface area contributed by atoms with Gasteiger partial charge >= 0.3 is 0 Å². The molecule has 0 N–H and O–H groups in total. The zero-order valence-corrected chi connectivity index (χ0v) is 23.9. The van der Waals surface area contributed by atoms with Gasteiger partial charge in [0.25, 0.3) is 5.91 Å². The van der Waals surface area contributed by atoms with Crippen LogP contribution in [0, 0.1) is 0 Å². The van der Waals surface area contributed by atoms with E-state index in [-0.39, 0.29) is 5.91 Å². The Morgan fingerprint density at radius 2 is 1.21 bits per heavy atom. The fourth-order valence-electron chi connectivity index (χ4n) is 4.97. The van der Waals surface area contributed by atoms with Crippen LogP contribution < -0.4 is 4.90 Å². The minimum absolute atomic E-state index is 0.0964. The van der Waals surface area contributed by atoms with Crippen molar-refractivity contribution in [2.45, 2.75) is 0 Å². The summed E-state index contributed by atoms with van der Waals surface area (Å²) < 4.78 is 1.98. The van der Waals surface area contributed by atoms with Crippen LogP contribution in [0.5, 0.6) is 0 Å². The van der Waals surface area contributed by atoms with Crippen LogP contribution in [0.25, 0.3) is 34.3 Å². The molecule has 7 rings (SSSR count). The fourth-order valence-corrected chi connectivity index (χ4v) is 5.97. The van der Waals surface area contributed by atoms with Gasteiger partial charge in [-0.3, -0.25) is 9.69 Å². The summed E-state index contributed by atoms with van der Waals surface area (Å²) in [5.74, 6) is -0.0964. The van der Waals surface area contributed by atoms with Crippen LogP contribution in [0.4, 0.5) is 11.4 Å². The van der Waals surface area contributed by atoms with Crippen molar-refractivity contribution in [3.05, 3.63) is 162 Å². The highest BCUT2D eigenvalue weighted by Crippen LogP contribution is 2.37. The number of aromatic nitrogens is 2. The van der Waals surface area contributed by atoms with Gasteiger partial charge in [0.15, 0.2) is 5.17 Å². The first-order valence-corrected chi connectivity index (χ1v) is 14.8. The molecule has 0 radical (unpaired) electrons. The Morgan fingerprint density at radius 3 is 1.86 bits per heavy atom. The van der Waals surface area contributed by atoms with E-state index in [0.717, 1.165) is 45.1 Å². The molecule has 1 aliphatic rings. The highest BCUT2D eigenvalue weighted by atomic mass is 32.2. The molecule has 1 amide bonds. The molecule has 0 saturated carbocycles. The number of aliphatic imine (C=N–C) groups is 1. The first-order chi connectivity index (χ1) is 21.2. The summed E-state index contributed by atoms with van der Waals surface area (Å²) in [7, 11) is 0. The minimum Gasteiger partial charge on any atom is -0.268 e. The molecule has 6 aromatic rings. The van der Waals surface area contributed by atoms with Crippen molar-refractivity contribution in [2.75, 3.05) is 4.90 Å². The van der Waals surface area contributed by atoms with Gasteiger partial charge < -0.3 is 0 Å². The smallest absolute Gasteiger partial charge is 0.268 e. The van der Waals surface area contributed by atoms with Gasteiger partial charge in [-0.05, 0) is 65.9 Å². The summed E-state index contributed by atoms with van der Waals surface area (Å²) >= 11 is 1.38. The van der Waals surface area contributed by atoms with Gasteiger partial charge in [0, 0.05) is 11.1 Å². The number of anilines is 1. The molecule has 0 aliphatic carbocycles. The molecule has 43 heavy (non-hydrogen) atoms.